The molecule has 0 aromatic heterocycles. The summed E-state index contributed by atoms with van der Waals surface area (Å²) < 4.78 is 5.05. The average molecular weight is 286 g/mol. The van der Waals surface area contributed by atoms with Crippen LogP contribution in [0.3, 0.4) is 0 Å². The summed E-state index contributed by atoms with van der Waals surface area (Å²) >= 11 is 5.74. The zero-order chi connectivity index (χ0) is 14.6. The van der Waals surface area contributed by atoms with Gasteiger partial charge in [0.05, 0.1) is 11.5 Å². The standard InChI is InChI=1S/C13H16ClNO4/c1-13(2,3)6-7-19-12(16)10-8-9(14)4-5-11(10)15(17)18/h4-5,8H,6-7H2,1-3H3. The van der Waals surface area contributed by atoms with Crippen molar-refractivity contribution in [3.8, 4) is 0 Å². The number of benzene rings is 1. The molecule has 0 bridgehead atoms. The molecule has 0 spiro atoms. The highest BCUT2D eigenvalue weighted by molar-refractivity contribution is 6.31. The summed E-state index contributed by atoms with van der Waals surface area (Å²) in [4.78, 5) is 22.0. The highest BCUT2D eigenvalue weighted by atomic mass is 35.5. The molecule has 0 N–H and O–H groups in total. The quantitative estimate of drug-likeness (QED) is 0.479. The Morgan fingerprint density at radius 2 is 2.05 bits per heavy atom. The molecule has 104 valence electrons. The van der Waals surface area contributed by atoms with Gasteiger partial charge >= 0.3 is 5.97 Å². The molecule has 0 amide bonds. The van der Waals surface area contributed by atoms with Crippen molar-refractivity contribution < 1.29 is 14.5 Å². The Kier molecular flexibility index (Phi) is 4.89. The maximum Gasteiger partial charge on any atom is 0.345 e. The predicted molar refractivity (Wildman–Crippen MR) is 72.5 cm³/mol. The van der Waals surface area contributed by atoms with Crippen LogP contribution in [-0.2, 0) is 4.74 Å². The van der Waals surface area contributed by atoms with E-state index in [1.54, 1.807) is 0 Å². The molecule has 0 aliphatic rings. The van der Waals surface area contributed by atoms with Crippen molar-refractivity contribution in [1.82, 2.24) is 0 Å². The zero-order valence-corrected chi connectivity index (χ0v) is 11.9. The number of carbonyl (C=O) groups is 1. The van der Waals surface area contributed by atoms with Gasteiger partial charge in [0.1, 0.15) is 5.56 Å². The second-order valence-electron chi connectivity index (χ2n) is 5.37. The first kappa shape index (κ1) is 15.4. The summed E-state index contributed by atoms with van der Waals surface area (Å²) in [6, 6.07) is 3.81. The van der Waals surface area contributed by atoms with Crippen molar-refractivity contribution in [3.05, 3.63) is 38.9 Å². The van der Waals surface area contributed by atoms with Gasteiger partial charge in [-0.15, -0.1) is 0 Å². The molecule has 5 nitrogen and oxygen atoms in total. The number of esters is 1. The van der Waals surface area contributed by atoms with E-state index in [9.17, 15) is 14.9 Å². The predicted octanol–water partition coefficient (Wildman–Crippen LogP) is 3.84. The Morgan fingerprint density at radius 1 is 1.42 bits per heavy atom. The molecule has 1 rings (SSSR count). The number of nitro groups is 1. The summed E-state index contributed by atoms with van der Waals surface area (Å²) in [5, 5.41) is 11.1. The van der Waals surface area contributed by atoms with Gasteiger partial charge in [-0.1, -0.05) is 32.4 Å². The first-order chi connectivity index (χ1) is 8.70. The molecule has 0 heterocycles. The fourth-order valence-corrected chi connectivity index (χ4v) is 1.53. The van der Waals surface area contributed by atoms with Gasteiger partial charge in [-0.3, -0.25) is 10.1 Å². The van der Waals surface area contributed by atoms with E-state index >= 15 is 0 Å². The Balaban J connectivity index is 2.81. The van der Waals surface area contributed by atoms with Gasteiger partial charge in [0, 0.05) is 11.1 Å². The molecule has 0 aliphatic heterocycles. The molecule has 0 aliphatic carbocycles. The summed E-state index contributed by atoms with van der Waals surface area (Å²) in [6.45, 7) is 6.26. The number of carbonyl (C=O) groups excluding carboxylic acids is 1. The van der Waals surface area contributed by atoms with E-state index in [0.717, 1.165) is 0 Å². The summed E-state index contributed by atoms with van der Waals surface area (Å²) in [6.07, 6.45) is 0.674. The second-order valence-corrected chi connectivity index (χ2v) is 5.80. The summed E-state index contributed by atoms with van der Waals surface area (Å²) in [7, 11) is 0. The molecule has 0 saturated heterocycles. The zero-order valence-electron chi connectivity index (χ0n) is 11.1. The van der Waals surface area contributed by atoms with Gasteiger partial charge in [0.15, 0.2) is 0 Å². The fourth-order valence-electron chi connectivity index (χ4n) is 1.36. The van der Waals surface area contributed by atoms with Crippen LogP contribution >= 0.6 is 11.6 Å². The SMILES string of the molecule is CC(C)(C)CCOC(=O)c1cc(Cl)ccc1[N+](=O)[O-]. The van der Waals surface area contributed by atoms with Crippen molar-refractivity contribution >= 4 is 23.3 Å². The molecule has 0 radical (unpaired) electrons. The van der Waals surface area contributed by atoms with Crippen molar-refractivity contribution in [2.45, 2.75) is 27.2 Å². The molecule has 1 aromatic carbocycles. The van der Waals surface area contributed by atoms with Crippen LogP contribution in [0.4, 0.5) is 5.69 Å². The minimum atomic E-state index is -0.724. The first-order valence-corrected chi connectivity index (χ1v) is 6.19. The van der Waals surface area contributed by atoms with Gasteiger partial charge < -0.3 is 4.74 Å². The minimum Gasteiger partial charge on any atom is -0.462 e. The van der Waals surface area contributed by atoms with Crippen LogP contribution in [0.5, 0.6) is 0 Å². The highest BCUT2D eigenvalue weighted by Gasteiger charge is 2.22. The van der Waals surface area contributed by atoms with E-state index < -0.39 is 10.9 Å². The molecular formula is C13H16ClNO4. The van der Waals surface area contributed by atoms with Gasteiger partial charge in [-0.25, -0.2) is 4.79 Å². The molecule has 0 saturated carbocycles. The van der Waals surface area contributed by atoms with E-state index in [1.807, 2.05) is 20.8 Å². The largest absolute Gasteiger partial charge is 0.462 e. The molecule has 0 fully saturated rings. The Bertz CT molecular complexity index is 494. The van der Waals surface area contributed by atoms with Gasteiger partial charge in [-0.05, 0) is 24.0 Å². The number of halogens is 1. The second kappa shape index (κ2) is 6.02. The molecule has 6 heteroatoms. The van der Waals surface area contributed by atoms with Crippen molar-refractivity contribution in [1.29, 1.82) is 0 Å². The lowest BCUT2D eigenvalue weighted by Crippen LogP contribution is -2.14. The van der Waals surface area contributed by atoms with Crippen LogP contribution in [0.15, 0.2) is 18.2 Å². The van der Waals surface area contributed by atoms with Crippen molar-refractivity contribution in [3.63, 3.8) is 0 Å². The fraction of sp³-hybridized carbons (Fsp3) is 0.462. The van der Waals surface area contributed by atoms with E-state index in [0.29, 0.717) is 6.42 Å². The van der Waals surface area contributed by atoms with Gasteiger partial charge in [-0.2, -0.15) is 0 Å². The Morgan fingerprint density at radius 3 is 2.58 bits per heavy atom. The van der Waals surface area contributed by atoms with E-state index in [4.69, 9.17) is 16.3 Å². The van der Waals surface area contributed by atoms with E-state index in [2.05, 4.69) is 0 Å². The van der Waals surface area contributed by atoms with Crippen LogP contribution in [-0.4, -0.2) is 17.5 Å². The Labute approximate surface area is 116 Å². The van der Waals surface area contributed by atoms with Crippen LogP contribution in [0, 0.1) is 15.5 Å². The number of nitro benzene ring substituents is 1. The van der Waals surface area contributed by atoms with Crippen LogP contribution in [0.25, 0.3) is 0 Å². The maximum absolute atomic E-state index is 11.8. The van der Waals surface area contributed by atoms with Crippen molar-refractivity contribution in [2.24, 2.45) is 5.41 Å². The average Bonchev–Trinajstić information content (AvgIpc) is 2.26. The monoisotopic (exact) mass is 285 g/mol. The summed E-state index contributed by atoms with van der Waals surface area (Å²) in [5.41, 5.74) is -0.392. The van der Waals surface area contributed by atoms with Crippen molar-refractivity contribution in [2.75, 3.05) is 6.61 Å². The normalized spacial score (nSPS) is 11.2. The van der Waals surface area contributed by atoms with Crippen LogP contribution in [0.2, 0.25) is 5.02 Å². The van der Waals surface area contributed by atoms with E-state index in [1.165, 1.54) is 18.2 Å². The lowest BCUT2D eigenvalue weighted by Gasteiger charge is -2.17. The van der Waals surface area contributed by atoms with Crippen LogP contribution in [0.1, 0.15) is 37.6 Å². The number of hydrogen-bond donors (Lipinski definition) is 0. The topological polar surface area (TPSA) is 69.4 Å². The number of rotatable bonds is 4. The van der Waals surface area contributed by atoms with E-state index in [-0.39, 0.29) is 28.3 Å². The third-order valence-electron chi connectivity index (χ3n) is 2.46. The minimum absolute atomic E-state index is 0.0283. The molecule has 19 heavy (non-hydrogen) atoms. The molecule has 1 aromatic rings. The number of nitrogens with zero attached hydrogens (tertiary/aromatic N) is 1. The molecular weight excluding hydrogens is 270 g/mol. The smallest absolute Gasteiger partial charge is 0.345 e. The molecule has 0 atom stereocenters. The maximum atomic E-state index is 11.8. The third kappa shape index (κ3) is 4.87. The highest BCUT2D eigenvalue weighted by Crippen LogP contribution is 2.24. The molecule has 0 unspecified atom stereocenters. The van der Waals surface area contributed by atoms with Gasteiger partial charge in [0.2, 0.25) is 0 Å². The third-order valence-corrected chi connectivity index (χ3v) is 2.70. The summed E-state index contributed by atoms with van der Waals surface area (Å²) in [5.74, 6) is -0.724. The van der Waals surface area contributed by atoms with Crippen LogP contribution < -0.4 is 0 Å². The number of hydrogen-bond acceptors (Lipinski definition) is 4. The Hall–Kier alpha value is -1.62. The number of ether oxygens (including phenoxy) is 1. The van der Waals surface area contributed by atoms with Gasteiger partial charge in [0.25, 0.3) is 5.69 Å². The lowest BCUT2D eigenvalue weighted by molar-refractivity contribution is -0.385. The lowest BCUT2D eigenvalue weighted by atomic mass is 9.93. The first-order valence-electron chi connectivity index (χ1n) is 5.82.